The summed E-state index contributed by atoms with van der Waals surface area (Å²) in [5.74, 6) is 0.746. The molecule has 0 unspecified atom stereocenters. The Hall–Kier alpha value is -2.05. The smallest absolute Gasteiger partial charge is 0.320 e. The van der Waals surface area contributed by atoms with Gasteiger partial charge in [0.2, 0.25) is 0 Å². The zero-order chi connectivity index (χ0) is 15.5. The molecule has 0 saturated carbocycles. The van der Waals surface area contributed by atoms with E-state index in [0.717, 1.165) is 42.1 Å². The van der Waals surface area contributed by atoms with Gasteiger partial charge in [-0.25, -0.2) is 4.79 Å². The topological polar surface area (TPSA) is 71.0 Å². The van der Waals surface area contributed by atoms with Crippen LogP contribution in [0, 0.1) is 0 Å². The first kappa shape index (κ1) is 14.9. The Kier molecular flexibility index (Phi) is 4.31. The Morgan fingerprint density at radius 3 is 2.95 bits per heavy atom. The molecule has 1 aliphatic rings. The predicted molar refractivity (Wildman–Crippen MR) is 85.9 cm³/mol. The standard InChI is InChI=1S/C15H18ClN5O/c1-21-14(12-9-17-7-6-13(12)20-21)19-15(22)18-8-10-2-4-11(16)5-3-10/h2-5,17H,6-9H2,1H3,(H2,18,19,22). The molecule has 3 rings (SSSR count). The fraction of sp³-hybridized carbons (Fsp3) is 0.333. The van der Waals surface area contributed by atoms with Crippen molar-refractivity contribution in [3.05, 3.63) is 46.1 Å². The molecule has 2 aromatic rings. The minimum atomic E-state index is -0.244. The number of halogens is 1. The van der Waals surface area contributed by atoms with Gasteiger partial charge in [-0.15, -0.1) is 0 Å². The largest absolute Gasteiger partial charge is 0.334 e. The predicted octanol–water partition coefficient (Wildman–Crippen LogP) is 2.04. The Bertz CT molecular complexity index is 680. The van der Waals surface area contributed by atoms with Crippen LogP contribution in [0.15, 0.2) is 24.3 Å². The van der Waals surface area contributed by atoms with Gasteiger partial charge in [0.25, 0.3) is 0 Å². The number of nitrogens with zero attached hydrogens (tertiary/aromatic N) is 2. The third-order valence-electron chi connectivity index (χ3n) is 3.67. The van der Waals surface area contributed by atoms with Crippen LogP contribution in [0.25, 0.3) is 0 Å². The zero-order valence-corrected chi connectivity index (χ0v) is 13.1. The fourth-order valence-electron chi connectivity index (χ4n) is 2.52. The van der Waals surface area contributed by atoms with Gasteiger partial charge in [0.05, 0.1) is 5.69 Å². The minimum Gasteiger partial charge on any atom is -0.334 e. The van der Waals surface area contributed by atoms with Crippen molar-refractivity contribution in [3.63, 3.8) is 0 Å². The first-order chi connectivity index (χ1) is 10.6. The molecule has 7 heteroatoms. The Morgan fingerprint density at radius 2 is 2.18 bits per heavy atom. The summed E-state index contributed by atoms with van der Waals surface area (Å²) in [4.78, 5) is 12.1. The van der Waals surface area contributed by atoms with Gasteiger partial charge >= 0.3 is 6.03 Å². The first-order valence-electron chi connectivity index (χ1n) is 7.18. The van der Waals surface area contributed by atoms with Crippen molar-refractivity contribution in [2.24, 2.45) is 7.05 Å². The van der Waals surface area contributed by atoms with E-state index < -0.39 is 0 Å². The number of benzene rings is 1. The number of carbonyl (C=O) groups excluding carboxylic acids is 1. The number of nitrogens with one attached hydrogen (secondary N) is 3. The summed E-state index contributed by atoms with van der Waals surface area (Å²) < 4.78 is 1.72. The number of hydrogen-bond donors (Lipinski definition) is 3. The highest BCUT2D eigenvalue weighted by Crippen LogP contribution is 2.21. The summed E-state index contributed by atoms with van der Waals surface area (Å²) in [6.45, 7) is 2.10. The monoisotopic (exact) mass is 319 g/mol. The number of carbonyl (C=O) groups is 1. The molecule has 0 saturated heterocycles. The second-order valence-corrected chi connectivity index (χ2v) is 5.69. The Labute approximate surface area is 133 Å². The number of amides is 2. The third kappa shape index (κ3) is 3.23. The van der Waals surface area contributed by atoms with Gasteiger partial charge in [-0.1, -0.05) is 23.7 Å². The van der Waals surface area contributed by atoms with E-state index in [4.69, 9.17) is 11.6 Å². The number of anilines is 1. The lowest BCUT2D eigenvalue weighted by Crippen LogP contribution is -2.30. The number of fused-ring (bicyclic) bond motifs is 1. The molecule has 0 aliphatic carbocycles. The average molecular weight is 320 g/mol. The quantitative estimate of drug-likeness (QED) is 0.811. The molecule has 1 aromatic heterocycles. The summed E-state index contributed by atoms with van der Waals surface area (Å²) in [5.41, 5.74) is 3.11. The molecule has 116 valence electrons. The van der Waals surface area contributed by atoms with Gasteiger partial charge in [0, 0.05) is 43.7 Å². The van der Waals surface area contributed by atoms with Crippen LogP contribution in [0.4, 0.5) is 10.6 Å². The summed E-state index contributed by atoms with van der Waals surface area (Å²) in [6.07, 6.45) is 0.886. The number of aryl methyl sites for hydroxylation is 1. The summed E-state index contributed by atoms with van der Waals surface area (Å²) in [7, 11) is 1.84. The number of hydrogen-bond acceptors (Lipinski definition) is 3. The van der Waals surface area contributed by atoms with E-state index in [0.29, 0.717) is 11.6 Å². The molecule has 0 atom stereocenters. The number of aromatic nitrogens is 2. The SMILES string of the molecule is Cn1nc2c(c1NC(=O)NCc1ccc(Cl)cc1)CNCC2. The van der Waals surface area contributed by atoms with E-state index in [1.807, 2.05) is 19.2 Å². The van der Waals surface area contributed by atoms with Crippen LogP contribution in [0.3, 0.4) is 0 Å². The number of rotatable bonds is 3. The highest BCUT2D eigenvalue weighted by atomic mass is 35.5. The normalized spacial score (nSPS) is 13.5. The fourth-order valence-corrected chi connectivity index (χ4v) is 2.65. The van der Waals surface area contributed by atoms with Crippen molar-refractivity contribution in [2.45, 2.75) is 19.5 Å². The molecule has 6 nitrogen and oxygen atoms in total. The van der Waals surface area contributed by atoms with Crippen LogP contribution in [0.1, 0.15) is 16.8 Å². The molecule has 0 radical (unpaired) electrons. The molecular weight excluding hydrogens is 302 g/mol. The third-order valence-corrected chi connectivity index (χ3v) is 3.92. The minimum absolute atomic E-state index is 0.244. The molecule has 0 bridgehead atoms. The maximum absolute atomic E-state index is 12.1. The second-order valence-electron chi connectivity index (χ2n) is 5.26. The van der Waals surface area contributed by atoms with Gasteiger partial charge in [0.15, 0.2) is 0 Å². The van der Waals surface area contributed by atoms with Crippen molar-refractivity contribution >= 4 is 23.4 Å². The van der Waals surface area contributed by atoms with E-state index in [1.54, 1.807) is 16.8 Å². The van der Waals surface area contributed by atoms with Crippen LogP contribution >= 0.6 is 11.6 Å². The van der Waals surface area contributed by atoms with Gasteiger partial charge < -0.3 is 10.6 Å². The lowest BCUT2D eigenvalue weighted by Gasteiger charge is -2.14. The Morgan fingerprint density at radius 1 is 1.41 bits per heavy atom. The van der Waals surface area contributed by atoms with Crippen molar-refractivity contribution in [3.8, 4) is 0 Å². The van der Waals surface area contributed by atoms with E-state index in [-0.39, 0.29) is 6.03 Å². The molecular formula is C15H18ClN5O. The summed E-state index contributed by atoms with van der Waals surface area (Å²) in [6, 6.07) is 7.14. The van der Waals surface area contributed by atoms with Crippen LogP contribution in [0.5, 0.6) is 0 Å². The first-order valence-corrected chi connectivity index (χ1v) is 7.56. The van der Waals surface area contributed by atoms with Gasteiger partial charge in [0.1, 0.15) is 5.82 Å². The van der Waals surface area contributed by atoms with E-state index in [9.17, 15) is 4.79 Å². The zero-order valence-electron chi connectivity index (χ0n) is 12.3. The van der Waals surface area contributed by atoms with Gasteiger partial charge in [-0.2, -0.15) is 5.10 Å². The summed E-state index contributed by atoms with van der Waals surface area (Å²) >= 11 is 5.84. The number of urea groups is 1. The molecule has 0 fully saturated rings. The molecule has 3 N–H and O–H groups in total. The van der Waals surface area contributed by atoms with E-state index >= 15 is 0 Å². The highest BCUT2D eigenvalue weighted by molar-refractivity contribution is 6.30. The van der Waals surface area contributed by atoms with E-state index in [1.165, 1.54) is 0 Å². The Balaban J connectivity index is 1.62. The molecule has 0 spiro atoms. The van der Waals surface area contributed by atoms with Crippen molar-refractivity contribution in [1.29, 1.82) is 0 Å². The maximum Gasteiger partial charge on any atom is 0.320 e. The van der Waals surface area contributed by atoms with Crippen molar-refractivity contribution in [2.75, 3.05) is 11.9 Å². The van der Waals surface area contributed by atoms with Crippen molar-refractivity contribution < 1.29 is 4.79 Å². The van der Waals surface area contributed by atoms with E-state index in [2.05, 4.69) is 21.0 Å². The van der Waals surface area contributed by atoms with Crippen LogP contribution in [0.2, 0.25) is 5.02 Å². The molecule has 1 aliphatic heterocycles. The van der Waals surface area contributed by atoms with Gasteiger partial charge in [-0.05, 0) is 17.7 Å². The average Bonchev–Trinajstić information content (AvgIpc) is 2.83. The lowest BCUT2D eigenvalue weighted by atomic mass is 10.1. The maximum atomic E-state index is 12.1. The van der Waals surface area contributed by atoms with Crippen LogP contribution in [-0.2, 0) is 26.6 Å². The highest BCUT2D eigenvalue weighted by Gasteiger charge is 2.20. The lowest BCUT2D eigenvalue weighted by molar-refractivity contribution is 0.251. The molecule has 2 amide bonds. The van der Waals surface area contributed by atoms with Crippen molar-refractivity contribution in [1.82, 2.24) is 20.4 Å². The van der Waals surface area contributed by atoms with Gasteiger partial charge in [-0.3, -0.25) is 10.00 Å². The van der Waals surface area contributed by atoms with Crippen LogP contribution < -0.4 is 16.0 Å². The molecule has 2 heterocycles. The molecule has 1 aromatic carbocycles. The molecule has 22 heavy (non-hydrogen) atoms. The van der Waals surface area contributed by atoms with Crippen LogP contribution in [-0.4, -0.2) is 22.4 Å². The summed E-state index contributed by atoms with van der Waals surface area (Å²) in [5, 5.41) is 14.1. The second kappa shape index (κ2) is 6.37.